The maximum Gasteiger partial charge on any atom is 0.143 e. The van der Waals surface area contributed by atoms with Crippen LogP contribution < -0.4 is 4.90 Å². The second kappa shape index (κ2) is 15.4. The minimum Gasteiger partial charge on any atom is -0.455 e. The Hall–Kier alpha value is -8.20. The highest BCUT2D eigenvalue weighted by Crippen LogP contribution is 2.42. The summed E-state index contributed by atoms with van der Waals surface area (Å²) in [4.78, 5) is 2.45. The van der Waals surface area contributed by atoms with E-state index in [1.165, 1.54) is 65.9 Å². The molecule has 0 spiro atoms. The average Bonchev–Trinajstić information content (AvgIpc) is 3.75. The Kier molecular flexibility index (Phi) is 8.93. The van der Waals surface area contributed by atoms with Crippen molar-refractivity contribution >= 4 is 65.6 Å². The summed E-state index contributed by atoms with van der Waals surface area (Å²) in [5.41, 5.74) is 14.7. The molecule has 0 fully saturated rings. The Bertz CT molecular complexity index is 3660. The maximum atomic E-state index is 6.88. The van der Waals surface area contributed by atoms with Crippen molar-refractivity contribution in [3.05, 3.63) is 242 Å². The molecular weight excluding hydrogens is 763 g/mol. The number of nitrogens with zero attached hydrogens (tertiary/aromatic N) is 1. The number of rotatable bonds is 8. The number of benzene rings is 11. The van der Waals surface area contributed by atoms with Gasteiger partial charge in [0.1, 0.15) is 11.2 Å². The van der Waals surface area contributed by atoms with Gasteiger partial charge < -0.3 is 9.32 Å². The van der Waals surface area contributed by atoms with Crippen molar-refractivity contribution in [2.75, 3.05) is 4.90 Å². The van der Waals surface area contributed by atoms with Crippen molar-refractivity contribution < 1.29 is 4.42 Å². The highest BCUT2D eigenvalue weighted by atomic mass is 16.3. The van der Waals surface area contributed by atoms with E-state index < -0.39 is 0 Å². The minimum absolute atomic E-state index is 0.644. The molecule has 0 radical (unpaired) electrons. The van der Waals surface area contributed by atoms with Crippen molar-refractivity contribution in [2.24, 2.45) is 0 Å². The normalized spacial score (nSPS) is 11.6. The fourth-order valence-electron chi connectivity index (χ4n) is 9.56. The van der Waals surface area contributed by atoms with Crippen LogP contribution in [-0.4, -0.2) is 0 Å². The third-order valence-electron chi connectivity index (χ3n) is 12.7. The molecule has 296 valence electrons. The second-order valence-electron chi connectivity index (χ2n) is 16.5. The van der Waals surface area contributed by atoms with Gasteiger partial charge in [-0.15, -0.1) is 0 Å². The Labute approximate surface area is 366 Å². The maximum absolute atomic E-state index is 6.88. The van der Waals surface area contributed by atoms with Crippen LogP contribution in [0.3, 0.4) is 0 Å². The molecule has 0 amide bonds. The molecule has 0 saturated carbocycles. The molecule has 0 bridgehead atoms. The fraction of sp³-hybridized carbons (Fsp3) is 0.0164. The zero-order chi connectivity index (χ0) is 41.7. The summed E-state index contributed by atoms with van der Waals surface area (Å²) in [6.07, 6.45) is 0. The molecule has 2 heteroatoms. The number of hydrogen-bond acceptors (Lipinski definition) is 2. The fourth-order valence-corrected chi connectivity index (χ4v) is 9.56. The van der Waals surface area contributed by atoms with E-state index in [-0.39, 0.29) is 0 Å². The van der Waals surface area contributed by atoms with Gasteiger partial charge in [0.2, 0.25) is 0 Å². The molecule has 0 aliphatic heterocycles. The average molecular weight is 804 g/mol. The van der Waals surface area contributed by atoms with Gasteiger partial charge in [-0.25, -0.2) is 0 Å². The van der Waals surface area contributed by atoms with Crippen LogP contribution in [0.2, 0.25) is 0 Å². The van der Waals surface area contributed by atoms with Crippen LogP contribution in [0.1, 0.15) is 5.56 Å². The van der Waals surface area contributed by atoms with Crippen molar-refractivity contribution in [2.45, 2.75) is 6.54 Å². The topological polar surface area (TPSA) is 16.4 Å². The molecule has 63 heavy (non-hydrogen) atoms. The summed E-state index contributed by atoms with van der Waals surface area (Å²) in [7, 11) is 0. The van der Waals surface area contributed by atoms with E-state index in [4.69, 9.17) is 4.42 Å². The van der Waals surface area contributed by atoms with Crippen molar-refractivity contribution in [1.29, 1.82) is 0 Å². The first kappa shape index (κ1) is 36.6. The van der Waals surface area contributed by atoms with Crippen molar-refractivity contribution in [3.8, 4) is 44.5 Å². The van der Waals surface area contributed by atoms with Crippen LogP contribution in [0.5, 0.6) is 0 Å². The largest absolute Gasteiger partial charge is 0.455 e. The van der Waals surface area contributed by atoms with Crippen LogP contribution in [0.4, 0.5) is 11.4 Å². The molecule has 2 nitrogen and oxygen atoms in total. The summed E-state index contributed by atoms with van der Waals surface area (Å²) < 4.78 is 6.88. The smallest absolute Gasteiger partial charge is 0.143 e. The highest BCUT2D eigenvalue weighted by Gasteiger charge is 2.19. The van der Waals surface area contributed by atoms with Crippen LogP contribution in [-0.2, 0) is 6.54 Å². The van der Waals surface area contributed by atoms with Gasteiger partial charge in [-0.05, 0) is 114 Å². The molecule has 0 N–H and O–H groups in total. The molecule has 0 saturated heterocycles. The van der Waals surface area contributed by atoms with Crippen LogP contribution in [0, 0.1) is 0 Å². The molecule has 0 aliphatic rings. The van der Waals surface area contributed by atoms with E-state index in [0.29, 0.717) is 6.54 Å². The lowest BCUT2D eigenvalue weighted by atomic mass is 9.95. The van der Waals surface area contributed by atoms with Crippen LogP contribution >= 0.6 is 0 Å². The zero-order valence-electron chi connectivity index (χ0n) is 34.6. The van der Waals surface area contributed by atoms with Crippen LogP contribution in [0.15, 0.2) is 241 Å². The molecule has 12 aromatic rings. The monoisotopic (exact) mass is 803 g/mol. The molecule has 12 rings (SSSR count). The van der Waals surface area contributed by atoms with Gasteiger partial charge in [0.15, 0.2) is 0 Å². The Morgan fingerprint density at radius 1 is 0.286 bits per heavy atom. The molecule has 0 unspecified atom stereocenters. The summed E-state index contributed by atoms with van der Waals surface area (Å²) in [6, 6.07) is 85.7. The number of hydrogen-bond donors (Lipinski definition) is 0. The molecule has 11 aromatic carbocycles. The minimum atomic E-state index is 0.644. The van der Waals surface area contributed by atoms with Crippen molar-refractivity contribution in [3.63, 3.8) is 0 Å². The predicted octanol–water partition coefficient (Wildman–Crippen LogP) is 17.1. The first-order valence-electron chi connectivity index (χ1n) is 21.7. The third kappa shape index (κ3) is 6.61. The lowest BCUT2D eigenvalue weighted by molar-refractivity contribution is 0.673. The molecule has 1 aromatic heterocycles. The Morgan fingerprint density at radius 3 is 1.71 bits per heavy atom. The van der Waals surface area contributed by atoms with Crippen LogP contribution in [0.25, 0.3) is 98.8 Å². The summed E-state index contributed by atoms with van der Waals surface area (Å²) in [6.45, 7) is 0.644. The number of furan rings is 1. The Balaban J connectivity index is 0.963. The lowest BCUT2D eigenvalue weighted by Crippen LogP contribution is -2.17. The summed E-state index contributed by atoms with van der Waals surface area (Å²) in [5, 5.41) is 9.56. The lowest BCUT2D eigenvalue weighted by Gasteiger charge is -2.27. The first-order chi connectivity index (χ1) is 31.2. The number of fused-ring (bicyclic) bond motifs is 7. The predicted molar refractivity (Wildman–Crippen MR) is 267 cm³/mol. The van der Waals surface area contributed by atoms with E-state index in [0.717, 1.165) is 49.8 Å². The SMILES string of the molecule is c1cc(-c2ccc(N(Cc3ccccc3-c3cccc4c3oc3c5ccccc5ccc43)c3cccc(-c4cccc5ccccc45)c3)cc2)cc(-c2ccc3ccccc3c2)c1. The van der Waals surface area contributed by atoms with Gasteiger partial charge in [0.25, 0.3) is 0 Å². The van der Waals surface area contributed by atoms with E-state index in [9.17, 15) is 0 Å². The zero-order valence-corrected chi connectivity index (χ0v) is 34.6. The molecule has 1 heterocycles. The van der Waals surface area contributed by atoms with E-state index in [2.05, 4.69) is 241 Å². The van der Waals surface area contributed by atoms with Gasteiger partial charge in [-0.2, -0.15) is 0 Å². The quantitative estimate of drug-likeness (QED) is 0.152. The van der Waals surface area contributed by atoms with Gasteiger partial charge in [0.05, 0.1) is 0 Å². The van der Waals surface area contributed by atoms with Gasteiger partial charge in [-0.1, -0.05) is 194 Å². The standard InChI is InChI=1S/C61H41NO/c1-2-16-45-38-48(30-29-41(45)13-1)47-20-9-19-46(37-47)42-31-34-51(35-32-42)62(52-22-10-21-49(39-52)54-26-11-18-43-14-3-6-23-53(43)54)40-50-17-5-7-24-55(50)57-27-12-28-58-59-36-33-44-15-4-8-25-56(44)60(59)63-61(57)58/h1-39H,40H2. The van der Waals surface area contributed by atoms with Gasteiger partial charge in [0, 0.05) is 39.6 Å². The van der Waals surface area contributed by atoms with E-state index in [1.807, 2.05) is 0 Å². The number of anilines is 2. The molecular formula is C61H41NO. The van der Waals surface area contributed by atoms with Gasteiger partial charge in [-0.3, -0.25) is 0 Å². The van der Waals surface area contributed by atoms with E-state index in [1.54, 1.807) is 0 Å². The van der Waals surface area contributed by atoms with Gasteiger partial charge >= 0.3 is 0 Å². The molecule has 0 aliphatic carbocycles. The summed E-state index contributed by atoms with van der Waals surface area (Å²) >= 11 is 0. The second-order valence-corrected chi connectivity index (χ2v) is 16.5. The van der Waals surface area contributed by atoms with E-state index >= 15 is 0 Å². The Morgan fingerprint density at radius 2 is 0.841 bits per heavy atom. The highest BCUT2D eigenvalue weighted by molar-refractivity contribution is 6.17. The number of para-hydroxylation sites is 1. The third-order valence-corrected chi connectivity index (χ3v) is 12.7. The first-order valence-corrected chi connectivity index (χ1v) is 21.7. The molecule has 0 atom stereocenters. The summed E-state index contributed by atoms with van der Waals surface area (Å²) in [5.74, 6) is 0. The van der Waals surface area contributed by atoms with Crippen molar-refractivity contribution in [1.82, 2.24) is 0 Å².